The van der Waals surface area contributed by atoms with Gasteiger partial charge in [-0.1, -0.05) is 103 Å². The number of furan rings is 1. The monoisotopic (exact) mass is 652 g/mol. The van der Waals surface area contributed by atoms with E-state index in [4.69, 9.17) is 14.4 Å². The van der Waals surface area contributed by atoms with Crippen LogP contribution in [0.1, 0.15) is 0 Å². The number of para-hydroxylation sites is 3. The molecule has 0 aliphatic carbocycles. The van der Waals surface area contributed by atoms with Crippen LogP contribution < -0.4 is 0 Å². The van der Waals surface area contributed by atoms with Crippen LogP contribution in [-0.4, -0.2) is 19.1 Å². The summed E-state index contributed by atoms with van der Waals surface area (Å²) < 4.78 is 10.8. The third-order valence-corrected chi connectivity index (χ3v) is 10.1. The molecule has 5 nitrogen and oxygen atoms in total. The van der Waals surface area contributed by atoms with Crippen molar-refractivity contribution in [1.82, 2.24) is 19.1 Å². The van der Waals surface area contributed by atoms with Crippen LogP contribution in [0.4, 0.5) is 0 Å². The van der Waals surface area contributed by atoms with Crippen molar-refractivity contribution in [2.24, 2.45) is 0 Å². The van der Waals surface area contributed by atoms with Gasteiger partial charge in [-0.05, 0) is 66.7 Å². The predicted octanol–water partition coefficient (Wildman–Crippen LogP) is 11.9. The fourth-order valence-corrected chi connectivity index (χ4v) is 7.84. The van der Waals surface area contributed by atoms with Crippen LogP contribution in [0.15, 0.2) is 174 Å². The summed E-state index contributed by atoms with van der Waals surface area (Å²) in [6.07, 6.45) is 0. The first kappa shape index (κ1) is 27.9. The predicted molar refractivity (Wildman–Crippen MR) is 209 cm³/mol. The fraction of sp³-hybridized carbons (Fsp3) is 0. The average Bonchev–Trinajstić information content (AvgIpc) is 3.84. The Bertz CT molecular complexity index is 3150. The molecule has 0 bridgehead atoms. The van der Waals surface area contributed by atoms with Gasteiger partial charge in [0.15, 0.2) is 0 Å². The van der Waals surface area contributed by atoms with Crippen LogP contribution in [0.2, 0.25) is 0 Å². The van der Waals surface area contributed by atoms with E-state index in [1.807, 2.05) is 24.3 Å². The standard InChI is InChI=1S/C46H28N4O/c1-2-12-29(13-3-1)37-17-10-22-45(47-37)49-39-19-7-4-14-31(39)35-28-42-36(27-41(35)49)32-15-5-8-20-40(32)50(42)46-23-11-18-38(48-46)30-24-25-34-33-16-6-9-21-43(33)51-44(34)26-30/h1-28H. The Morgan fingerprint density at radius 3 is 1.51 bits per heavy atom. The second-order valence-corrected chi connectivity index (χ2v) is 13.0. The van der Waals surface area contributed by atoms with Crippen molar-refractivity contribution in [2.45, 2.75) is 0 Å². The van der Waals surface area contributed by atoms with E-state index in [-0.39, 0.29) is 0 Å². The molecular weight excluding hydrogens is 625 g/mol. The average molecular weight is 653 g/mol. The molecule has 0 unspecified atom stereocenters. The molecule has 238 valence electrons. The molecule has 0 amide bonds. The van der Waals surface area contributed by atoms with Crippen LogP contribution in [0, 0.1) is 0 Å². The van der Waals surface area contributed by atoms with Crippen molar-refractivity contribution in [3.8, 4) is 34.2 Å². The molecule has 0 saturated heterocycles. The highest BCUT2D eigenvalue weighted by Crippen LogP contribution is 2.40. The molecule has 5 aromatic heterocycles. The minimum Gasteiger partial charge on any atom is -0.456 e. The summed E-state index contributed by atoms with van der Waals surface area (Å²) in [6, 6.07) is 59.4. The van der Waals surface area contributed by atoms with Crippen LogP contribution in [0.25, 0.3) is 99.7 Å². The van der Waals surface area contributed by atoms with E-state index in [0.717, 1.165) is 83.5 Å². The van der Waals surface area contributed by atoms with Gasteiger partial charge in [-0.2, -0.15) is 0 Å². The van der Waals surface area contributed by atoms with Crippen LogP contribution in [-0.2, 0) is 0 Å². The molecule has 0 aliphatic rings. The van der Waals surface area contributed by atoms with Gasteiger partial charge in [-0.3, -0.25) is 9.13 Å². The highest BCUT2D eigenvalue weighted by molar-refractivity contribution is 6.19. The lowest BCUT2D eigenvalue weighted by atomic mass is 10.1. The molecule has 11 aromatic rings. The van der Waals surface area contributed by atoms with Crippen molar-refractivity contribution < 1.29 is 4.42 Å². The molecule has 51 heavy (non-hydrogen) atoms. The number of pyridine rings is 2. The Balaban J connectivity index is 1.13. The van der Waals surface area contributed by atoms with Gasteiger partial charge in [0.1, 0.15) is 22.8 Å². The highest BCUT2D eigenvalue weighted by atomic mass is 16.3. The van der Waals surface area contributed by atoms with Crippen LogP contribution in [0.5, 0.6) is 0 Å². The summed E-state index contributed by atoms with van der Waals surface area (Å²) in [5, 5.41) is 6.92. The number of hydrogen-bond acceptors (Lipinski definition) is 3. The number of hydrogen-bond donors (Lipinski definition) is 0. The molecule has 0 aliphatic heterocycles. The van der Waals surface area contributed by atoms with Crippen LogP contribution >= 0.6 is 0 Å². The van der Waals surface area contributed by atoms with Crippen molar-refractivity contribution in [2.75, 3.05) is 0 Å². The first-order valence-electron chi connectivity index (χ1n) is 17.2. The second kappa shape index (κ2) is 10.8. The van der Waals surface area contributed by atoms with Gasteiger partial charge in [0.25, 0.3) is 0 Å². The molecular formula is C46H28N4O. The maximum Gasteiger partial charge on any atom is 0.138 e. The number of aromatic nitrogens is 4. The molecule has 5 heteroatoms. The summed E-state index contributed by atoms with van der Waals surface area (Å²) in [7, 11) is 0. The fourth-order valence-electron chi connectivity index (χ4n) is 7.84. The van der Waals surface area contributed by atoms with Gasteiger partial charge >= 0.3 is 0 Å². The zero-order valence-electron chi connectivity index (χ0n) is 27.4. The molecule has 0 spiro atoms. The van der Waals surface area contributed by atoms with Gasteiger partial charge in [-0.25, -0.2) is 9.97 Å². The quantitative estimate of drug-likeness (QED) is 0.190. The third kappa shape index (κ3) is 4.22. The zero-order chi connectivity index (χ0) is 33.5. The molecule has 5 heterocycles. The molecule has 11 rings (SSSR count). The van der Waals surface area contributed by atoms with Gasteiger partial charge < -0.3 is 4.42 Å². The maximum absolute atomic E-state index is 6.23. The van der Waals surface area contributed by atoms with E-state index in [2.05, 4.69) is 155 Å². The Morgan fingerprint density at radius 2 is 0.863 bits per heavy atom. The Labute approximate surface area is 292 Å². The third-order valence-electron chi connectivity index (χ3n) is 10.1. The van der Waals surface area contributed by atoms with Crippen molar-refractivity contribution in [3.05, 3.63) is 170 Å². The highest BCUT2D eigenvalue weighted by Gasteiger charge is 2.20. The molecule has 6 aromatic carbocycles. The summed E-state index contributed by atoms with van der Waals surface area (Å²) in [5.41, 5.74) is 10.2. The summed E-state index contributed by atoms with van der Waals surface area (Å²) >= 11 is 0. The van der Waals surface area contributed by atoms with E-state index < -0.39 is 0 Å². The largest absolute Gasteiger partial charge is 0.456 e. The summed E-state index contributed by atoms with van der Waals surface area (Å²) in [6.45, 7) is 0. The molecule has 0 radical (unpaired) electrons. The van der Waals surface area contributed by atoms with Crippen molar-refractivity contribution in [1.29, 1.82) is 0 Å². The Hall–Kier alpha value is -6.98. The minimum absolute atomic E-state index is 0.861. The molecule has 0 saturated carbocycles. The van der Waals surface area contributed by atoms with E-state index in [9.17, 15) is 0 Å². The minimum atomic E-state index is 0.861. The number of fused-ring (bicyclic) bond motifs is 9. The normalized spacial score (nSPS) is 11.9. The van der Waals surface area contributed by atoms with E-state index in [0.29, 0.717) is 0 Å². The SMILES string of the molecule is c1ccc(-c2cccc(-n3c4ccccc4c4cc5c(cc43)c3ccccc3n5-c3cccc(-c4ccc5c(c4)oc4ccccc45)n3)n2)cc1. The first-order valence-corrected chi connectivity index (χ1v) is 17.2. The Kier molecular flexibility index (Phi) is 5.89. The van der Waals surface area contributed by atoms with Gasteiger partial charge in [0.2, 0.25) is 0 Å². The van der Waals surface area contributed by atoms with E-state index >= 15 is 0 Å². The van der Waals surface area contributed by atoms with E-state index in [1.54, 1.807) is 0 Å². The summed E-state index contributed by atoms with van der Waals surface area (Å²) in [5.74, 6) is 1.75. The number of nitrogens with zero attached hydrogens (tertiary/aromatic N) is 4. The molecule has 0 atom stereocenters. The first-order chi connectivity index (χ1) is 25.3. The molecule has 0 N–H and O–H groups in total. The lowest BCUT2D eigenvalue weighted by Gasteiger charge is -2.10. The Morgan fingerprint density at radius 1 is 0.333 bits per heavy atom. The van der Waals surface area contributed by atoms with Crippen molar-refractivity contribution >= 4 is 65.6 Å². The smallest absolute Gasteiger partial charge is 0.138 e. The van der Waals surface area contributed by atoms with Gasteiger partial charge in [-0.15, -0.1) is 0 Å². The van der Waals surface area contributed by atoms with Gasteiger partial charge in [0, 0.05) is 43.4 Å². The zero-order valence-corrected chi connectivity index (χ0v) is 27.4. The van der Waals surface area contributed by atoms with Gasteiger partial charge in [0.05, 0.1) is 33.5 Å². The molecule has 0 fully saturated rings. The lowest BCUT2D eigenvalue weighted by molar-refractivity contribution is 0.669. The lowest BCUT2D eigenvalue weighted by Crippen LogP contribution is -1.99. The summed E-state index contributed by atoms with van der Waals surface area (Å²) in [4.78, 5) is 10.5. The van der Waals surface area contributed by atoms with Crippen molar-refractivity contribution in [3.63, 3.8) is 0 Å². The van der Waals surface area contributed by atoms with E-state index in [1.165, 1.54) is 16.2 Å². The number of benzene rings is 6. The van der Waals surface area contributed by atoms with Crippen LogP contribution in [0.3, 0.4) is 0 Å². The number of rotatable bonds is 4. The maximum atomic E-state index is 6.23. The second-order valence-electron chi connectivity index (χ2n) is 13.0. The topological polar surface area (TPSA) is 48.8 Å².